The number of hydrogen-bond acceptors (Lipinski definition) is 2. The Labute approximate surface area is 93.2 Å². The molecule has 16 heavy (non-hydrogen) atoms. The van der Waals surface area contributed by atoms with E-state index >= 15 is 0 Å². The molecule has 0 aromatic heterocycles. The molecule has 0 aliphatic rings. The lowest BCUT2D eigenvalue weighted by atomic mass is 10.1. The van der Waals surface area contributed by atoms with E-state index < -0.39 is 5.97 Å². The van der Waals surface area contributed by atoms with Crippen molar-refractivity contribution >= 4 is 17.4 Å². The van der Waals surface area contributed by atoms with Gasteiger partial charge < -0.3 is 10.5 Å². The predicted octanol–water partition coefficient (Wildman–Crippen LogP) is 2.55. The van der Waals surface area contributed by atoms with Crippen LogP contribution in [-0.2, 0) is 4.79 Å². The van der Waals surface area contributed by atoms with Gasteiger partial charge in [-0.3, -0.25) is 0 Å². The summed E-state index contributed by atoms with van der Waals surface area (Å²) in [5.41, 5.74) is 1.93. The first-order valence-corrected chi connectivity index (χ1v) is 4.52. The monoisotopic (exact) mass is 214 g/mol. The molecule has 0 radical (unpaired) electrons. The van der Waals surface area contributed by atoms with Gasteiger partial charge in [-0.2, -0.15) is 0 Å². The minimum absolute atomic E-state index is 0.0762. The lowest BCUT2D eigenvalue weighted by Crippen LogP contribution is -1.96. The Morgan fingerprint density at radius 3 is 2.75 bits per heavy atom. The zero-order chi connectivity index (χ0) is 12.1. The van der Waals surface area contributed by atoms with Crippen molar-refractivity contribution in [1.82, 2.24) is 0 Å². The number of allylic oxidation sites excluding steroid dienone is 1. The maximum atomic E-state index is 10.3. The molecule has 2 N–H and O–H groups in total. The Morgan fingerprint density at radius 2 is 2.19 bits per heavy atom. The van der Waals surface area contributed by atoms with Crippen molar-refractivity contribution in [2.75, 3.05) is 0 Å². The molecule has 80 valence electrons. The molecular formula is C12H10N2O2. The lowest BCUT2D eigenvalue weighted by molar-refractivity contribution is -0.131. The van der Waals surface area contributed by atoms with Crippen molar-refractivity contribution in [3.63, 3.8) is 0 Å². The number of benzene rings is 1. The molecule has 4 heteroatoms. The van der Waals surface area contributed by atoms with Gasteiger partial charge >= 0.3 is 5.97 Å². The number of carboxylic acids is 1. The van der Waals surface area contributed by atoms with Gasteiger partial charge in [0.25, 0.3) is 0 Å². The third-order valence-electron chi connectivity index (χ3n) is 2.03. The van der Waals surface area contributed by atoms with Gasteiger partial charge in [0.2, 0.25) is 0 Å². The summed E-state index contributed by atoms with van der Waals surface area (Å²) in [5.74, 6) is -1.10. The topological polar surface area (TPSA) is 65.5 Å². The summed E-state index contributed by atoms with van der Waals surface area (Å²) in [6, 6.07) is 5.02. The molecule has 0 amide bonds. The molecule has 0 saturated heterocycles. The normalized spacial score (nSPS) is 10.0. The average Bonchev–Trinajstić information content (AvgIpc) is 2.26. The van der Waals surface area contributed by atoms with Crippen LogP contribution in [0.2, 0.25) is 0 Å². The van der Waals surface area contributed by atoms with Crippen molar-refractivity contribution in [1.29, 1.82) is 5.41 Å². The Bertz CT molecular complexity index is 510. The molecule has 0 spiro atoms. The minimum Gasteiger partial charge on any atom is -0.478 e. The molecule has 0 unspecified atom stereocenters. The predicted molar refractivity (Wildman–Crippen MR) is 61.0 cm³/mol. The summed E-state index contributed by atoms with van der Waals surface area (Å²) in [7, 11) is 0. The second kappa shape index (κ2) is 4.89. The van der Waals surface area contributed by atoms with E-state index in [9.17, 15) is 4.79 Å². The highest BCUT2D eigenvalue weighted by atomic mass is 16.4. The fourth-order valence-corrected chi connectivity index (χ4v) is 1.15. The molecule has 0 heterocycles. The number of aliphatic carboxylic acids is 1. The highest BCUT2D eigenvalue weighted by molar-refractivity contribution is 6.09. The first-order valence-electron chi connectivity index (χ1n) is 4.52. The van der Waals surface area contributed by atoms with Crippen molar-refractivity contribution < 1.29 is 9.90 Å². The van der Waals surface area contributed by atoms with Gasteiger partial charge in [0, 0.05) is 6.08 Å². The van der Waals surface area contributed by atoms with E-state index in [1.165, 1.54) is 6.08 Å². The van der Waals surface area contributed by atoms with E-state index in [1.807, 2.05) is 6.92 Å². The van der Waals surface area contributed by atoms with Crippen LogP contribution in [0.25, 0.3) is 4.85 Å². The summed E-state index contributed by atoms with van der Waals surface area (Å²) in [6.45, 7) is 8.75. The van der Waals surface area contributed by atoms with E-state index in [2.05, 4.69) is 4.85 Å². The molecular weight excluding hydrogens is 204 g/mol. The van der Waals surface area contributed by atoms with Crippen molar-refractivity contribution in [2.24, 2.45) is 0 Å². The largest absolute Gasteiger partial charge is 0.478 e. The Morgan fingerprint density at radius 1 is 1.50 bits per heavy atom. The van der Waals surface area contributed by atoms with Crippen LogP contribution in [0.3, 0.4) is 0 Å². The maximum absolute atomic E-state index is 10.3. The molecule has 0 saturated carbocycles. The fraction of sp³-hybridized carbons (Fsp3) is 0.0833. The number of rotatable bonds is 3. The van der Waals surface area contributed by atoms with Gasteiger partial charge in [-0.25, -0.2) is 9.64 Å². The van der Waals surface area contributed by atoms with E-state index in [0.29, 0.717) is 11.3 Å². The average molecular weight is 214 g/mol. The molecule has 1 aromatic rings. The van der Waals surface area contributed by atoms with Gasteiger partial charge in [0.15, 0.2) is 5.69 Å². The van der Waals surface area contributed by atoms with E-state index in [1.54, 1.807) is 18.2 Å². The highest BCUT2D eigenvalue weighted by Gasteiger charge is 2.02. The second-order valence-corrected chi connectivity index (χ2v) is 3.20. The van der Waals surface area contributed by atoms with E-state index in [0.717, 1.165) is 11.6 Å². The van der Waals surface area contributed by atoms with Crippen LogP contribution >= 0.6 is 0 Å². The number of carbonyl (C=O) groups is 1. The number of carboxylic acid groups (broad SMARTS) is 1. The van der Waals surface area contributed by atoms with Crippen molar-refractivity contribution in [3.05, 3.63) is 52.9 Å². The summed E-state index contributed by atoms with van der Waals surface area (Å²) >= 11 is 0. The molecule has 1 rings (SSSR count). The Hall–Kier alpha value is -2.41. The third kappa shape index (κ3) is 2.79. The Balaban J connectivity index is 3.02. The standard InChI is InChI=1S/C12H10N2O2/c1-8-3-4-9(7-11(8)14-2)10(13)5-6-12(15)16/h3-7,13H,1H3,(H,15,16). The maximum Gasteiger partial charge on any atom is 0.328 e. The number of hydrogen-bond donors (Lipinski definition) is 2. The van der Waals surface area contributed by atoms with Gasteiger partial charge in [-0.05, 0) is 30.2 Å². The molecule has 0 bridgehead atoms. The summed E-state index contributed by atoms with van der Waals surface area (Å²) < 4.78 is 0. The van der Waals surface area contributed by atoms with Gasteiger partial charge in [-0.15, -0.1) is 0 Å². The van der Waals surface area contributed by atoms with Crippen LogP contribution in [0.4, 0.5) is 5.69 Å². The van der Waals surface area contributed by atoms with Crippen LogP contribution in [-0.4, -0.2) is 16.8 Å². The van der Waals surface area contributed by atoms with Crippen LogP contribution < -0.4 is 0 Å². The van der Waals surface area contributed by atoms with E-state index in [-0.39, 0.29) is 5.71 Å². The Kier molecular flexibility index (Phi) is 3.57. The number of aryl methyl sites for hydroxylation is 1. The van der Waals surface area contributed by atoms with Gasteiger partial charge in [0.05, 0.1) is 12.3 Å². The zero-order valence-corrected chi connectivity index (χ0v) is 8.69. The van der Waals surface area contributed by atoms with Gasteiger partial charge in [-0.1, -0.05) is 12.1 Å². The summed E-state index contributed by atoms with van der Waals surface area (Å²) in [5, 5.41) is 16.0. The first kappa shape index (κ1) is 11.7. The third-order valence-corrected chi connectivity index (χ3v) is 2.03. The van der Waals surface area contributed by atoms with Crippen LogP contribution in [0.15, 0.2) is 30.4 Å². The highest BCUT2D eigenvalue weighted by Crippen LogP contribution is 2.20. The first-order chi connectivity index (χ1) is 7.54. The molecule has 1 aromatic carbocycles. The van der Waals surface area contributed by atoms with Crippen molar-refractivity contribution in [2.45, 2.75) is 6.92 Å². The van der Waals surface area contributed by atoms with Crippen LogP contribution in [0.1, 0.15) is 11.1 Å². The number of nitrogens with zero attached hydrogens (tertiary/aromatic N) is 1. The van der Waals surface area contributed by atoms with Gasteiger partial charge in [0.1, 0.15) is 0 Å². The molecule has 0 aliphatic heterocycles. The molecule has 0 aliphatic carbocycles. The van der Waals surface area contributed by atoms with Crippen LogP contribution in [0.5, 0.6) is 0 Å². The smallest absolute Gasteiger partial charge is 0.328 e. The molecule has 4 nitrogen and oxygen atoms in total. The van der Waals surface area contributed by atoms with Crippen LogP contribution in [0, 0.1) is 18.9 Å². The lowest BCUT2D eigenvalue weighted by Gasteiger charge is -2.01. The SMILES string of the molecule is [C-]#[N+]c1cc(C(=N)C=CC(=O)O)ccc1C. The fourth-order valence-electron chi connectivity index (χ4n) is 1.15. The molecule has 0 fully saturated rings. The summed E-state index contributed by atoms with van der Waals surface area (Å²) in [6.07, 6.45) is 2.10. The van der Waals surface area contributed by atoms with Crippen molar-refractivity contribution in [3.8, 4) is 0 Å². The molecule has 0 atom stereocenters. The quantitative estimate of drug-likeness (QED) is 0.461. The zero-order valence-electron chi connectivity index (χ0n) is 8.69. The minimum atomic E-state index is -1.10. The summed E-state index contributed by atoms with van der Waals surface area (Å²) in [4.78, 5) is 13.6. The van der Waals surface area contributed by atoms with E-state index in [4.69, 9.17) is 17.1 Å². The number of nitrogens with one attached hydrogen (secondary N) is 1. The second-order valence-electron chi connectivity index (χ2n) is 3.20.